The smallest absolute Gasteiger partial charge is 0.0737 e. The van der Waals surface area contributed by atoms with Gasteiger partial charge in [0.1, 0.15) is 0 Å². The van der Waals surface area contributed by atoms with Gasteiger partial charge in [0.25, 0.3) is 0 Å². The molecular formula is C5H10OS. The van der Waals surface area contributed by atoms with Gasteiger partial charge in [-0.25, -0.2) is 0 Å². The quantitative estimate of drug-likeness (QED) is 0.496. The molecule has 0 aliphatic rings. The van der Waals surface area contributed by atoms with Crippen LogP contribution < -0.4 is 0 Å². The molecule has 0 spiro atoms. The van der Waals surface area contributed by atoms with Crippen molar-refractivity contribution >= 4 is 12.6 Å². The van der Waals surface area contributed by atoms with Gasteiger partial charge in [-0.3, -0.25) is 0 Å². The summed E-state index contributed by atoms with van der Waals surface area (Å²) in [5.74, 6) is 0. The van der Waals surface area contributed by atoms with Crippen LogP contribution >= 0.6 is 12.6 Å². The minimum absolute atomic E-state index is 0.0610. The second-order valence-corrected chi connectivity index (χ2v) is 2.14. The van der Waals surface area contributed by atoms with Gasteiger partial charge in [-0.05, 0) is 13.8 Å². The van der Waals surface area contributed by atoms with Crippen LogP contribution in [0, 0.1) is 0 Å². The van der Waals surface area contributed by atoms with Gasteiger partial charge in [0.05, 0.1) is 6.61 Å². The van der Waals surface area contributed by atoms with E-state index in [-0.39, 0.29) is 6.61 Å². The molecule has 0 aromatic heterocycles. The summed E-state index contributed by atoms with van der Waals surface area (Å²) in [6.45, 7) is 3.89. The van der Waals surface area contributed by atoms with Crippen molar-refractivity contribution in [1.29, 1.82) is 0 Å². The molecular weight excluding hydrogens is 108 g/mol. The maximum Gasteiger partial charge on any atom is 0.0737 e. The Morgan fingerprint density at radius 3 is 2.00 bits per heavy atom. The molecule has 7 heavy (non-hydrogen) atoms. The second kappa shape index (κ2) is 3.10. The molecule has 0 amide bonds. The lowest BCUT2D eigenvalue weighted by atomic mass is 10.3. The van der Waals surface area contributed by atoms with Crippen LogP contribution in [0.5, 0.6) is 0 Å². The van der Waals surface area contributed by atoms with Crippen LogP contribution in [0.1, 0.15) is 13.8 Å². The molecule has 0 rings (SSSR count). The van der Waals surface area contributed by atoms with E-state index in [9.17, 15) is 0 Å². The third-order valence-electron chi connectivity index (χ3n) is 0.727. The van der Waals surface area contributed by atoms with E-state index in [0.717, 1.165) is 10.5 Å². The third-order valence-corrected chi connectivity index (χ3v) is 1.32. The fourth-order valence-corrected chi connectivity index (χ4v) is 0.158. The predicted molar refractivity (Wildman–Crippen MR) is 34.4 cm³/mol. The molecule has 0 bridgehead atoms. The average molecular weight is 118 g/mol. The molecule has 0 unspecified atom stereocenters. The van der Waals surface area contributed by atoms with Gasteiger partial charge in [0, 0.05) is 4.91 Å². The monoisotopic (exact) mass is 118 g/mol. The largest absolute Gasteiger partial charge is 0.391 e. The Labute approximate surface area is 49.5 Å². The van der Waals surface area contributed by atoms with Crippen molar-refractivity contribution in [3.05, 3.63) is 10.5 Å². The first kappa shape index (κ1) is 7.05. The molecule has 0 aromatic carbocycles. The highest BCUT2D eigenvalue weighted by Gasteiger charge is 1.85. The number of hydrogen-bond acceptors (Lipinski definition) is 2. The van der Waals surface area contributed by atoms with Crippen molar-refractivity contribution in [2.24, 2.45) is 0 Å². The highest BCUT2D eigenvalue weighted by Crippen LogP contribution is 2.04. The number of aliphatic hydroxyl groups excluding tert-OH is 1. The van der Waals surface area contributed by atoms with E-state index in [2.05, 4.69) is 12.6 Å². The molecule has 42 valence electrons. The molecule has 0 atom stereocenters. The summed E-state index contributed by atoms with van der Waals surface area (Å²) in [6, 6.07) is 0. The normalized spacial score (nSPS) is 8.57. The Balaban J connectivity index is 3.72. The molecule has 0 fully saturated rings. The van der Waals surface area contributed by atoms with E-state index in [1.54, 1.807) is 0 Å². The van der Waals surface area contributed by atoms with Gasteiger partial charge < -0.3 is 5.11 Å². The molecule has 0 aromatic rings. The highest BCUT2D eigenvalue weighted by molar-refractivity contribution is 7.84. The third kappa shape index (κ3) is 2.71. The first-order chi connectivity index (χ1) is 3.18. The van der Waals surface area contributed by atoms with Crippen LogP contribution in [-0.2, 0) is 0 Å². The van der Waals surface area contributed by atoms with E-state index in [4.69, 9.17) is 5.11 Å². The Hall–Kier alpha value is 0.0500. The topological polar surface area (TPSA) is 20.2 Å². The maximum atomic E-state index is 8.37. The molecule has 0 heterocycles. The number of aliphatic hydroxyl groups is 1. The first-order valence-corrected chi connectivity index (χ1v) is 2.59. The van der Waals surface area contributed by atoms with Gasteiger partial charge in [0.15, 0.2) is 0 Å². The van der Waals surface area contributed by atoms with Crippen LogP contribution in [0.3, 0.4) is 0 Å². The van der Waals surface area contributed by atoms with Crippen LogP contribution in [0.15, 0.2) is 10.5 Å². The minimum Gasteiger partial charge on any atom is -0.391 e. The van der Waals surface area contributed by atoms with Gasteiger partial charge >= 0.3 is 0 Å². The Kier molecular flexibility index (Phi) is 3.13. The standard InChI is InChI=1S/C5H10OS/c1-4(2)5(7)3-6/h6-7H,3H2,1-2H3. The average Bonchev–Trinajstić information content (AvgIpc) is 1.65. The molecule has 0 saturated carbocycles. The lowest BCUT2D eigenvalue weighted by Gasteiger charge is -1.92. The predicted octanol–water partition coefficient (Wildman–Crippen LogP) is 1.20. The lowest BCUT2D eigenvalue weighted by molar-refractivity contribution is 0.339. The Bertz CT molecular complexity index is 82.1. The number of allylic oxidation sites excluding steroid dienone is 1. The number of hydrogen-bond donors (Lipinski definition) is 2. The van der Waals surface area contributed by atoms with E-state index in [1.165, 1.54) is 0 Å². The molecule has 1 N–H and O–H groups in total. The summed E-state index contributed by atoms with van der Waals surface area (Å²) >= 11 is 3.95. The lowest BCUT2D eigenvalue weighted by Crippen LogP contribution is -1.82. The SMILES string of the molecule is CC(C)=C(S)CO. The maximum absolute atomic E-state index is 8.37. The van der Waals surface area contributed by atoms with Crippen LogP contribution in [0.4, 0.5) is 0 Å². The second-order valence-electron chi connectivity index (χ2n) is 1.60. The van der Waals surface area contributed by atoms with E-state index >= 15 is 0 Å². The van der Waals surface area contributed by atoms with Gasteiger partial charge in [-0.2, -0.15) is 0 Å². The minimum atomic E-state index is 0.0610. The van der Waals surface area contributed by atoms with Crippen LogP contribution in [0.2, 0.25) is 0 Å². The molecule has 0 radical (unpaired) electrons. The van der Waals surface area contributed by atoms with Crippen LogP contribution in [-0.4, -0.2) is 11.7 Å². The Morgan fingerprint density at radius 1 is 1.57 bits per heavy atom. The van der Waals surface area contributed by atoms with Crippen molar-refractivity contribution in [3.63, 3.8) is 0 Å². The zero-order valence-corrected chi connectivity index (χ0v) is 5.50. The van der Waals surface area contributed by atoms with E-state index in [1.807, 2.05) is 13.8 Å². The molecule has 2 heteroatoms. The zero-order chi connectivity index (χ0) is 5.86. The van der Waals surface area contributed by atoms with Crippen molar-refractivity contribution in [2.75, 3.05) is 6.61 Å². The summed E-state index contributed by atoms with van der Waals surface area (Å²) in [5.41, 5.74) is 1.07. The fourth-order valence-electron chi connectivity index (χ4n) is 0.158. The van der Waals surface area contributed by atoms with Crippen molar-refractivity contribution in [2.45, 2.75) is 13.8 Å². The van der Waals surface area contributed by atoms with Crippen molar-refractivity contribution in [3.8, 4) is 0 Å². The van der Waals surface area contributed by atoms with Crippen LogP contribution in [0.25, 0.3) is 0 Å². The Morgan fingerprint density at radius 2 is 2.00 bits per heavy atom. The molecule has 0 saturated heterocycles. The van der Waals surface area contributed by atoms with E-state index in [0.29, 0.717) is 0 Å². The summed E-state index contributed by atoms with van der Waals surface area (Å²) in [4.78, 5) is 0.764. The number of rotatable bonds is 1. The van der Waals surface area contributed by atoms with Gasteiger partial charge in [-0.1, -0.05) is 5.57 Å². The summed E-state index contributed by atoms with van der Waals surface area (Å²) in [6.07, 6.45) is 0. The highest BCUT2D eigenvalue weighted by atomic mass is 32.1. The summed E-state index contributed by atoms with van der Waals surface area (Å²) in [7, 11) is 0. The summed E-state index contributed by atoms with van der Waals surface area (Å²) < 4.78 is 0. The van der Waals surface area contributed by atoms with Crippen molar-refractivity contribution < 1.29 is 5.11 Å². The summed E-state index contributed by atoms with van der Waals surface area (Å²) in [5, 5.41) is 8.37. The molecule has 0 aliphatic heterocycles. The van der Waals surface area contributed by atoms with E-state index < -0.39 is 0 Å². The first-order valence-electron chi connectivity index (χ1n) is 2.14. The number of thiol groups is 1. The van der Waals surface area contributed by atoms with Crippen molar-refractivity contribution in [1.82, 2.24) is 0 Å². The fraction of sp³-hybridized carbons (Fsp3) is 0.600. The van der Waals surface area contributed by atoms with Gasteiger partial charge in [0.2, 0.25) is 0 Å². The molecule has 0 aliphatic carbocycles. The van der Waals surface area contributed by atoms with Gasteiger partial charge in [-0.15, -0.1) is 12.6 Å². The zero-order valence-electron chi connectivity index (χ0n) is 4.60. The molecule has 1 nitrogen and oxygen atoms in total.